The van der Waals surface area contributed by atoms with E-state index >= 15 is 0 Å². The van der Waals surface area contributed by atoms with Crippen molar-refractivity contribution in [1.29, 1.82) is 0 Å². The molecule has 30 heavy (non-hydrogen) atoms. The minimum Gasteiger partial charge on any atom is -1.00 e. The smallest absolute Gasteiger partial charge is 1.00 e. The molecule has 8 nitrogen and oxygen atoms in total. The van der Waals surface area contributed by atoms with Crippen molar-refractivity contribution in [2.75, 3.05) is 5.32 Å². The number of hydrogen-bond donors (Lipinski definition) is 3. The average molecular weight is 438 g/mol. The van der Waals surface area contributed by atoms with E-state index in [4.69, 9.17) is 4.52 Å². The van der Waals surface area contributed by atoms with Crippen molar-refractivity contribution >= 4 is 17.6 Å². The van der Waals surface area contributed by atoms with Gasteiger partial charge in [0.1, 0.15) is 22.8 Å². The first kappa shape index (κ1) is 24.4. The fourth-order valence-corrected chi connectivity index (χ4v) is 2.90. The molecule has 0 aliphatic rings. The predicted molar refractivity (Wildman–Crippen MR) is 108 cm³/mol. The van der Waals surface area contributed by atoms with Crippen LogP contribution in [0.4, 0.5) is 5.69 Å². The summed E-state index contributed by atoms with van der Waals surface area (Å²) in [6.45, 7) is 2.76. The first-order valence-corrected chi connectivity index (χ1v) is 9.44. The average Bonchev–Trinajstić information content (AvgIpc) is 3.32. The number of nitrogens with zero attached hydrogens (tertiary/aromatic N) is 2. The molecule has 3 N–H and O–H groups in total. The SMILES string of the molecule is CCCCn1cc(NC(=O)CCc2cc(-c3ccc(O)cc3)no2)c(C(=O)O)c1.[H-].[K+]. The molecule has 0 unspecified atom stereocenters. The third-order valence-electron chi connectivity index (χ3n) is 4.47. The number of rotatable bonds is 9. The molecule has 2 heterocycles. The second-order valence-electron chi connectivity index (χ2n) is 6.76. The van der Waals surface area contributed by atoms with Crippen LogP contribution < -0.4 is 56.7 Å². The number of aromatic carboxylic acids is 1. The van der Waals surface area contributed by atoms with Gasteiger partial charge in [-0.15, -0.1) is 0 Å². The number of phenols is 1. The number of aromatic nitrogens is 2. The number of aryl methyl sites for hydroxylation is 2. The zero-order chi connectivity index (χ0) is 20.8. The Morgan fingerprint density at radius 3 is 2.63 bits per heavy atom. The van der Waals surface area contributed by atoms with Gasteiger partial charge in [-0.3, -0.25) is 4.79 Å². The van der Waals surface area contributed by atoms with Gasteiger partial charge in [0.15, 0.2) is 0 Å². The molecule has 0 saturated heterocycles. The summed E-state index contributed by atoms with van der Waals surface area (Å²) in [4.78, 5) is 23.7. The Labute approximate surface area is 218 Å². The van der Waals surface area contributed by atoms with Crippen LogP contribution >= 0.6 is 0 Å². The van der Waals surface area contributed by atoms with E-state index < -0.39 is 5.97 Å². The summed E-state index contributed by atoms with van der Waals surface area (Å²) in [7, 11) is 0. The number of benzene rings is 1. The van der Waals surface area contributed by atoms with Crippen molar-refractivity contribution < 1.29 is 77.1 Å². The number of carbonyl (C=O) groups excluding carboxylic acids is 1. The van der Waals surface area contributed by atoms with Gasteiger partial charge in [-0.25, -0.2) is 4.79 Å². The Bertz CT molecular complexity index is 1000. The molecule has 3 aromatic rings. The van der Waals surface area contributed by atoms with E-state index in [-0.39, 0.29) is 76.5 Å². The van der Waals surface area contributed by atoms with Crippen LogP contribution in [0.2, 0.25) is 0 Å². The normalized spacial score (nSPS) is 10.4. The number of carbonyl (C=O) groups is 2. The first-order valence-electron chi connectivity index (χ1n) is 9.44. The van der Waals surface area contributed by atoms with Crippen LogP contribution in [0.25, 0.3) is 11.3 Å². The molecule has 0 spiro atoms. The number of phenolic OH excluding ortho intramolecular Hbond substituents is 1. The minimum absolute atomic E-state index is 0. The van der Waals surface area contributed by atoms with E-state index in [1.807, 2.05) is 0 Å². The van der Waals surface area contributed by atoms with Gasteiger partial charge in [0, 0.05) is 43.4 Å². The molecule has 1 amide bonds. The largest absolute Gasteiger partial charge is 1.00 e. The number of carboxylic acids is 1. The number of anilines is 1. The Morgan fingerprint density at radius 2 is 1.97 bits per heavy atom. The zero-order valence-electron chi connectivity index (χ0n) is 18.1. The number of aromatic hydroxyl groups is 1. The van der Waals surface area contributed by atoms with Gasteiger partial charge >= 0.3 is 57.4 Å². The Balaban J connectivity index is 0.00000240. The first-order chi connectivity index (χ1) is 14.0. The quantitative estimate of drug-likeness (QED) is 0.431. The van der Waals surface area contributed by atoms with E-state index in [1.54, 1.807) is 41.1 Å². The van der Waals surface area contributed by atoms with Crippen molar-refractivity contribution in [1.82, 2.24) is 9.72 Å². The maximum absolute atomic E-state index is 12.3. The van der Waals surface area contributed by atoms with E-state index in [1.165, 1.54) is 6.20 Å². The van der Waals surface area contributed by atoms with Crippen LogP contribution in [0.5, 0.6) is 5.75 Å². The van der Waals surface area contributed by atoms with Gasteiger partial charge in [-0.05, 0) is 30.7 Å². The second kappa shape index (κ2) is 11.5. The van der Waals surface area contributed by atoms with Crippen LogP contribution in [0.15, 0.2) is 47.2 Å². The molecule has 9 heteroatoms. The van der Waals surface area contributed by atoms with Gasteiger partial charge in [-0.2, -0.15) is 0 Å². The van der Waals surface area contributed by atoms with Crippen molar-refractivity contribution in [2.24, 2.45) is 0 Å². The van der Waals surface area contributed by atoms with Crippen LogP contribution in [0, 0.1) is 0 Å². The fraction of sp³-hybridized carbons (Fsp3) is 0.286. The Morgan fingerprint density at radius 1 is 1.23 bits per heavy atom. The number of carboxylic acid groups (broad SMARTS) is 1. The molecule has 3 rings (SSSR count). The molecule has 0 atom stereocenters. The van der Waals surface area contributed by atoms with E-state index in [0.29, 0.717) is 30.1 Å². The molecule has 1 aromatic carbocycles. The summed E-state index contributed by atoms with van der Waals surface area (Å²) >= 11 is 0. The van der Waals surface area contributed by atoms with Crippen LogP contribution in [0.1, 0.15) is 43.7 Å². The third kappa shape index (κ3) is 6.54. The monoisotopic (exact) mass is 437 g/mol. The van der Waals surface area contributed by atoms with Gasteiger partial charge in [0.05, 0.1) is 5.69 Å². The minimum atomic E-state index is -1.08. The van der Waals surface area contributed by atoms with E-state index in [0.717, 1.165) is 18.4 Å². The maximum atomic E-state index is 12.3. The predicted octanol–water partition coefficient (Wildman–Crippen LogP) is 1.03. The summed E-state index contributed by atoms with van der Waals surface area (Å²) in [5.41, 5.74) is 1.77. The zero-order valence-corrected chi connectivity index (χ0v) is 20.2. The second-order valence-corrected chi connectivity index (χ2v) is 6.76. The summed E-state index contributed by atoms with van der Waals surface area (Å²) < 4.78 is 7.05. The van der Waals surface area contributed by atoms with Crippen molar-refractivity contribution in [3.05, 3.63) is 54.0 Å². The van der Waals surface area contributed by atoms with Crippen molar-refractivity contribution in [2.45, 2.75) is 39.2 Å². The number of unbranched alkanes of at least 4 members (excludes halogenated alkanes) is 1. The Hall–Kier alpha value is -1.91. The standard InChI is InChI=1S/C21H23N3O5.K.H/c1-2-3-10-24-12-17(21(27)28)19(13-24)22-20(26)9-8-16-11-18(23-29-16)14-4-6-15(25)7-5-14;;/h4-7,11-13,25H,2-3,8-10H2,1H3,(H,22,26)(H,27,28);;/q;+1;-1. The molecule has 0 saturated carbocycles. The van der Waals surface area contributed by atoms with Crippen molar-refractivity contribution in [3.8, 4) is 17.0 Å². The van der Waals surface area contributed by atoms with E-state index in [9.17, 15) is 19.8 Å². The molecular weight excluding hydrogens is 413 g/mol. The van der Waals surface area contributed by atoms with Crippen LogP contribution in [-0.4, -0.2) is 31.8 Å². The van der Waals surface area contributed by atoms with Crippen LogP contribution in [-0.2, 0) is 17.8 Å². The third-order valence-corrected chi connectivity index (χ3v) is 4.47. The van der Waals surface area contributed by atoms with Gasteiger partial charge in [0.25, 0.3) is 0 Å². The molecule has 0 aliphatic heterocycles. The molecule has 0 radical (unpaired) electrons. The molecule has 0 aliphatic carbocycles. The number of nitrogens with one attached hydrogen (secondary N) is 1. The summed E-state index contributed by atoms with van der Waals surface area (Å²) in [5.74, 6) is -0.673. The molecular formula is C21H24KN3O5. The molecule has 154 valence electrons. The fourth-order valence-electron chi connectivity index (χ4n) is 2.90. The Kier molecular flexibility index (Phi) is 9.31. The number of amides is 1. The maximum Gasteiger partial charge on any atom is 1.00 e. The molecule has 2 aromatic heterocycles. The summed E-state index contributed by atoms with van der Waals surface area (Å²) in [6, 6.07) is 8.30. The van der Waals surface area contributed by atoms with E-state index in [2.05, 4.69) is 17.4 Å². The summed E-state index contributed by atoms with van der Waals surface area (Å²) in [6.07, 6.45) is 5.56. The van der Waals surface area contributed by atoms with Crippen LogP contribution in [0.3, 0.4) is 0 Å². The van der Waals surface area contributed by atoms with Crippen molar-refractivity contribution in [3.63, 3.8) is 0 Å². The molecule has 0 bridgehead atoms. The van der Waals surface area contributed by atoms with Gasteiger partial charge in [-0.1, -0.05) is 18.5 Å². The van der Waals surface area contributed by atoms with Gasteiger partial charge in [0.2, 0.25) is 5.91 Å². The topological polar surface area (TPSA) is 118 Å². The summed E-state index contributed by atoms with van der Waals surface area (Å²) in [5, 5.41) is 25.3. The molecule has 0 fully saturated rings. The number of hydrogen-bond acceptors (Lipinski definition) is 5. The van der Waals surface area contributed by atoms with Gasteiger partial charge < -0.3 is 26.0 Å².